The van der Waals surface area contributed by atoms with Crippen molar-refractivity contribution >= 4 is 18.8 Å². The first kappa shape index (κ1) is 19.9. The molecule has 0 amide bonds. The van der Waals surface area contributed by atoms with Crippen LogP contribution in [0.3, 0.4) is 0 Å². The van der Waals surface area contributed by atoms with E-state index in [1.807, 2.05) is 5.09 Å². The Balaban J connectivity index is 2.69. The number of nitrogens with one attached hydrogen (secondary N) is 1. The second-order valence-electron chi connectivity index (χ2n) is 5.06. The van der Waals surface area contributed by atoms with Crippen LogP contribution in [-0.2, 0) is 9.36 Å². The molecule has 26 heavy (non-hydrogen) atoms. The lowest BCUT2D eigenvalue weighted by Gasteiger charge is -2.24. The van der Waals surface area contributed by atoms with Crippen molar-refractivity contribution in [3.63, 3.8) is 0 Å². The number of carboxylic acid groups (broad SMARTS) is 1. The normalized spacial score (nSPS) is 14.5. The zero-order valence-electron chi connectivity index (χ0n) is 13.0. The highest BCUT2D eigenvalue weighted by atomic mass is 31.2. The number of carboxylic acids is 1. The largest absolute Gasteiger partial charge is 0.480 e. The van der Waals surface area contributed by atoms with E-state index in [4.69, 9.17) is 9.63 Å². The number of hydrogen-bond donors (Lipinski definition) is 2. The second-order valence-corrected chi connectivity index (χ2v) is 7.05. The Hall–Kier alpha value is -2.45. The summed E-state index contributed by atoms with van der Waals surface area (Å²) in [6.07, 6.45) is 0. The molecule has 0 spiro atoms. The Morgan fingerprint density at radius 2 is 1.46 bits per heavy atom. The van der Waals surface area contributed by atoms with Gasteiger partial charge in [0.15, 0.2) is 23.3 Å². The van der Waals surface area contributed by atoms with Crippen LogP contribution < -0.4 is 14.9 Å². The van der Waals surface area contributed by atoms with E-state index in [1.54, 1.807) is 0 Å². The van der Waals surface area contributed by atoms with Gasteiger partial charge in [0.05, 0.1) is 0 Å². The molecule has 0 heterocycles. The Labute approximate surface area is 143 Å². The monoisotopic (exact) mass is 395 g/mol. The van der Waals surface area contributed by atoms with Crippen LogP contribution in [0.2, 0.25) is 0 Å². The van der Waals surface area contributed by atoms with Crippen molar-refractivity contribution in [3.05, 3.63) is 59.4 Å². The fourth-order valence-corrected chi connectivity index (χ4v) is 3.95. The van der Waals surface area contributed by atoms with Crippen LogP contribution in [0.25, 0.3) is 0 Å². The van der Waals surface area contributed by atoms with Gasteiger partial charge in [-0.3, -0.25) is 9.36 Å². The molecule has 1 unspecified atom stereocenters. The summed E-state index contributed by atoms with van der Waals surface area (Å²) < 4.78 is 86.4. The number of rotatable bonds is 6. The van der Waals surface area contributed by atoms with Crippen LogP contribution in [0.5, 0.6) is 5.75 Å². The van der Waals surface area contributed by atoms with Gasteiger partial charge in [0.1, 0.15) is 17.1 Å². The average molecular weight is 395 g/mol. The Bertz CT molecular complexity index is 864. The van der Waals surface area contributed by atoms with Crippen LogP contribution >= 0.6 is 7.52 Å². The van der Waals surface area contributed by atoms with Gasteiger partial charge >= 0.3 is 13.5 Å². The minimum Gasteiger partial charge on any atom is -0.480 e. The lowest BCUT2D eigenvalue weighted by atomic mass is 10.3. The molecule has 5 nitrogen and oxygen atoms in total. The third-order valence-corrected chi connectivity index (χ3v) is 5.37. The maximum Gasteiger partial charge on any atom is 0.353 e. The van der Waals surface area contributed by atoms with Crippen molar-refractivity contribution in [2.24, 2.45) is 0 Å². The van der Waals surface area contributed by atoms with Gasteiger partial charge in [0.2, 0.25) is 5.82 Å². The van der Waals surface area contributed by atoms with Crippen LogP contribution in [0.1, 0.15) is 6.92 Å². The van der Waals surface area contributed by atoms with Crippen LogP contribution in [0.4, 0.5) is 22.0 Å². The van der Waals surface area contributed by atoms with Gasteiger partial charge in [-0.15, -0.1) is 0 Å². The summed E-state index contributed by atoms with van der Waals surface area (Å²) in [4.78, 5) is 11.0. The van der Waals surface area contributed by atoms with Crippen molar-refractivity contribution in [3.8, 4) is 5.75 Å². The SMILES string of the molecule is C[C@H](NP(=O)(Oc1ccccc1)c1c(F)c(F)c(F)c(F)c1F)C(=O)O. The number of hydrogen-bond acceptors (Lipinski definition) is 3. The molecule has 2 aromatic rings. The van der Waals surface area contributed by atoms with E-state index >= 15 is 0 Å². The standard InChI is InChI=1S/C15H11F5NO4P/c1-7(15(22)23)21-26(24,25-8-5-3-2-4-6-8)14-12(19)10(17)9(16)11(18)13(14)20/h2-7H,1H3,(H,21,24)(H,22,23)/t7-,26?/m0/s1. The van der Waals surface area contributed by atoms with E-state index < -0.39 is 53.9 Å². The second kappa shape index (κ2) is 7.43. The lowest BCUT2D eigenvalue weighted by molar-refractivity contribution is -0.138. The minimum atomic E-state index is -5.08. The van der Waals surface area contributed by atoms with Crippen molar-refractivity contribution in [1.29, 1.82) is 0 Å². The molecule has 11 heteroatoms. The molecule has 2 rings (SSSR count). The number of carbonyl (C=O) groups is 1. The van der Waals surface area contributed by atoms with E-state index in [0.29, 0.717) is 0 Å². The van der Waals surface area contributed by atoms with Crippen molar-refractivity contribution in [1.82, 2.24) is 5.09 Å². The molecule has 2 atom stereocenters. The number of halogens is 5. The van der Waals surface area contributed by atoms with Crippen molar-refractivity contribution < 1.29 is 40.9 Å². The molecule has 0 saturated heterocycles. The molecule has 2 N–H and O–H groups in total. The molecule has 0 aliphatic carbocycles. The van der Waals surface area contributed by atoms with E-state index in [0.717, 1.165) is 6.92 Å². The zero-order chi connectivity index (χ0) is 19.6. The summed E-state index contributed by atoms with van der Waals surface area (Å²) in [5.41, 5.74) is 0. The summed E-state index contributed by atoms with van der Waals surface area (Å²) in [7, 11) is -5.08. The van der Waals surface area contributed by atoms with Gasteiger partial charge in [-0.1, -0.05) is 18.2 Å². The molecule has 2 aromatic carbocycles. The predicted octanol–water partition coefficient (Wildman–Crippen LogP) is 3.34. The summed E-state index contributed by atoms with van der Waals surface area (Å²) in [6, 6.07) is 5.00. The maximum absolute atomic E-state index is 14.1. The molecule has 0 radical (unpaired) electrons. The fourth-order valence-electron chi connectivity index (χ4n) is 1.93. The van der Waals surface area contributed by atoms with Gasteiger partial charge in [0, 0.05) is 0 Å². The quantitative estimate of drug-likeness (QED) is 0.340. The summed E-state index contributed by atoms with van der Waals surface area (Å²) in [5.74, 6) is -13.7. The Morgan fingerprint density at radius 1 is 1.00 bits per heavy atom. The van der Waals surface area contributed by atoms with Gasteiger partial charge in [-0.05, 0) is 19.1 Å². The summed E-state index contributed by atoms with van der Waals surface area (Å²) in [6.45, 7) is 0.954. The summed E-state index contributed by atoms with van der Waals surface area (Å²) in [5, 5.41) is 8.95. The molecule has 0 fully saturated rings. The number of para-hydroxylation sites is 1. The highest BCUT2D eigenvalue weighted by Crippen LogP contribution is 2.45. The van der Waals surface area contributed by atoms with Crippen LogP contribution in [-0.4, -0.2) is 17.1 Å². The van der Waals surface area contributed by atoms with Gasteiger partial charge in [0.25, 0.3) is 0 Å². The number of aliphatic carboxylic acids is 1. The third-order valence-electron chi connectivity index (χ3n) is 3.19. The first-order chi connectivity index (χ1) is 12.1. The highest BCUT2D eigenvalue weighted by Gasteiger charge is 2.41. The van der Waals surface area contributed by atoms with Crippen LogP contribution in [0, 0.1) is 29.1 Å². The van der Waals surface area contributed by atoms with E-state index in [9.17, 15) is 31.3 Å². The minimum absolute atomic E-state index is 0.245. The first-order valence-electron chi connectivity index (χ1n) is 6.95. The Kier molecular flexibility index (Phi) is 5.68. The van der Waals surface area contributed by atoms with Crippen LogP contribution in [0.15, 0.2) is 30.3 Å². The van der Waals surface area contributed by atoms with E-state index in [1.165, 1.54) is 30.3 Å². The molecular weight excluding hydrogens is 384 g/mol. The van der Waals surface area contributed by atoms with Gasteiger partial charge in [-0.25, -0.2) is 27.0 Å². The molecule has 0 aromatic heterocycles. The van der Waals surface area contributed by atoms with Gasteiger partial charge in [-0.2, -0.15) is 0 Å². The third kappa shape index (κ3) is 3.71. The Morgan fingerprint density at radius 3 is 1.92 bits per heavy atom. The topological polar surface area (TPSA) is 75.6 Å². The van der Waals surface area contributed by atoms with E-state index in [2.05, 4.69) is 0 Å². The molecule has 0 aliphatic rings. The number of benzene rings is 2. The molecule has 140 valence electrons. The van der Waals surface area contributed by atoms with E-state index in [-0.39, 0.29) is 5.75 Å². The zero-order valence-corrected chi connectivity index (χ0v) is 13.9. The first-order valence-corrected chi connectivity index (χ1v) is 8.58. The molecular formula is C15H11F5NO4P. The lowest BCUT2D eigenvalue weighted by Crippen LogP contribution is -2.38. The fraction of sp³-hybridized carbons (Fsp3) is 0.133. The van der Waals surface area contributed by atoms with Crippen molar-refractivity contribution in [2.75, 3.05) is 0 Å². The average Bonchev–Trinajstić information content (AvgIpc) is 2.59. The van der Waals surface area contributed by atoms with Gasteiger partial charge < -0.3 is 9.63 Å². The molecule has 0 bridgehead atoms. The molecule has 0 aliphatic heterocycles. The smallest absolute Gasteiger partial charge is 0.353 e. The van der Waals surface area contributed by atoms with Crippen molar-refractivity contribution in [2.45, 2.75) is 13.0 Å². The molecule has 0 saturated carbocycles. The maximum atomic E-state index is 14.1. The predicted molar refractivity (Wildman–Crippen MR) is 80.8 cm³/mol. The summed E-state index contributed by atoms with van der Waals surface area (Å²) >= 11 is 0. The highest BCUT2D eigenvalue weighted by molar-refractivity contribution is 7.65.